The van der Waals surface area contributed by atoms with Crippen LogP contribution < -0.4 is 4.72 Å². The number of carboxylic acids is 1. The van der Waals surface area contributed by atoms with E-state index in [0.29, 0.717) is 32.0 Å². The van der Waals surface area contributed by atoms with Gasteiger partial charge in [0.1, 0.15) is 6.04 Å². The molecule has 1 heterocycles. The van der Waals surface area contributed by atoms with Crippen LogP contribution in [0.5, 0.6) is 0 Å². The van der Waals surface area contributed by atoms with Gasteiger partial charge in [0.15, 0.2) is 0 Å². The first-order chi connectivity index (χ1) is 9.35. The Balaban J connectivity index is 2.51. The molecular formula is C13H25NO5S. The summed E-state index contributed by atoms with van der Waals surface area (Å²) in [6.45, 7) is 4.95. The summed E-state index contributed by atoms with van der Waals surface area (Å²) in [7, 11) is -3.55. The number of aliphatic carboxylic acids is 1. The van der Waals surface area contributed by atoms with Crippen LogP contribution in [0.2, 0.25) is 0 Å². The van der Waals surface area contributed by atoms with Crippen LogP contribution in [0.4, 0.5) is 0 Å². The van der Waals surface area contributed by atoms with Gasteiger partial charge in [-0.25, -0.2) is 13.1 Å². The van der Waals surface area contributed by atoms with Crippen molar-refractivity contribution in [1.82, 2.24) is 4.72 Å². The maximum atomic E-state index is 12.0. The lowest BCUT2D eigenvalue weighted by Gasteiger charge is -2.23. The SMILES string of the molecule is CC[C@H](C)[C@H](NS(=O)(=O)CCC1CCOCC1)C(=O)O. The summed E-state index contributed by atoms with van der Waals surface area (Å²) in [6, 6.07) is -1.04. The van der Waals surface area contributed by atoms with E-state index in [-0.39, 0.29) is 11.7 Å². The number of nitrogens with one attached hydrogen (secondary N) is 1. The second-order valence-electron chi connectivity index (χ2n) is 5.48. The Labute approximate surface area is 120 Å². The van der Waals surface area contributed by atoms with Gasteiger partial charge in [-0.3, -0.25) is 4.79 Å². The van der Waals surface area contributed by atoms with E-state index < -0.39 is 22.0 Å². The van der Waals surface area contributed by atoms with Crippen LogP contribution in [0.15, 0.2) is 0 Å². The van der Waals surface area contributed by atoms with Crippen LogP contribution in [0.3, 0.4) is 0 Å². The summed E-state index contributed by atoms with van der Waals surface area (Å²) in [4.78, 5) is 11.1. The molecule has 0 aromatic carbocycles. The molecule has 1 aliphatic heterocycles. The van der Waals surface area contributed by atoms with Gasteiger partial charge in [-0.1, -0.05) is 20.3 Å². The fourth-order valence-electron chi connectivity index (χ4n) is 2.25. The van der Waals surface area contributed by atoms with Crippen LogP contribution in [0, 0.1) is 11.8 Å². The van der Waals surface area contributed by atoms with Gasteiger partial charge in [0.05, 0.1) is 5.75 Å². The van der Waals surface area contributed by atoms with Crippen molar-refractivity contribution in [2.24, 2.45) is 11.8 Å². The highest BCUT2D eigenvalue weighted by molar-refractivity contribution is 7.89. The minimum Gasteiger partial charge on any atom is -0.480 e. The predicted octanol–water partition coefficient (Wildman–Crippen LogP) is 1.22. The molecular weight excluding hydrogens is 282 g/mol. The van der Waals surface area contributed by atoms with E-state index in [4.69, 9.17) is 9.84 Å². The van der Waals surface area contributed by atoms with Crippen molar-refractivity contribution in [3.63, 3.8) is 0 Å². The van der Waals surface area contributed by atoms with Crippen LogP contribution in [-0.2, 0) is 19.6 Å². The van der Waals surface area contributed by atoms with Gasteiger partial charge < -0.3 is 9.84 Å². The van der Waals surface area contributed by atoms with Crippen LogP contribution in [0.25, 0.3) is 0 Å². The fraction of sp³-hybridized carbons (Fsp3) is 0.923. The van der Waals surface area contributed by atoms with Gasteiger partial charge >= 0.3 is 5.97 Å². The highest BCUT2D eigenvalue weighted by Gasteiger charge is 2.28. The third kappa shape index (κ3) is 5.76. The zero-order valence-electron chi connectivity index (χ0n) is 12.2. The van der Waals surface area contributed by atoms with Gasteiger partial charge in [-0.05, 0) is 31.1 Å². The summed E-state index contributed by atoms with van der Waals surface area (Å²) in [5.41, 5.74) is 0. The average Bonchev–Trinajstić information content (AvgIpc) is 2.43. The van der Waals surface area contributed by atoms with E-state index in [1.807, 2.05) is 6.92 Å². The molecule has 0 amide bonds. The largest absolute Gasteiger partial charge is 0.480 e. The molecule has 0 unspecified atom stereocenters. The summed E-state index contributed by atoms with van der Waals surface area (Å²) < 4.78 is 31.6. The molecule has 20 heavy (non-hydrogen) atoms. The van der Waals surface area contributed by atoms with Crippen molar-refractivity contribution >= 4 is 16.0 Å². The molecule has 0 aromatic rings. The number of ether oxygens (including phenoxy) is 1. The molecule has 6 nitrogen and oxygen atoms in total. The normalized spacial score (nSPS) is 20.5. The zero-order chi connectivity index (χ0) is 15.2. The number of rotatable bonds is 8. The second-order valence-corrected chi connectivity index (χ2v) is 7.36. The standard InChI is InChI=1S/C13H25NO5S/c1-3-10(2)12(13(15)16)14-20(17,18)9-6-11-4-7-19-8-5-11/h10-12,14H,3-9H2,1-2H3,(H,15,16)/t10-,12-/m0/s1. The first-order valence-corrected chi connectivity index (χ1v) is 8.81. The molecule has 0 bridgehead atoms. The van der Waals surface area contributed by atoms with E-state index in [1.165, 1.54) is 0 Å². The minimum atomic E-state index is -3.55. The Morgan fingerprint density at radius 1 is 1.40 bits per heavy atom. The van der Waals surface area contributed by atoms with Crippen molar-refractivity contribution in [2.75, 3.05) is 19.0 Å². The number of carboxylic acid groups (broad SMARTS) is 1. The molecule has 2 atom stereocenters. The molecule has 7 heteroatoms. The van der Waals surface area contributed by atoms with Gasteiger partial charge in [0, 0.05) is 13.2 Å². The lowest BCUT2D eigenvalue weighted by atomic mass is 9.98. The molecule has 0 radical (unpaired) electrons. The highest BCUT2D eigenvalue weighted by atomic mass is 32.2. The first kappa shape index (κ1) is 17.4. The summed E-state index contributed by atoms with van der Waals surface area (Å²) >= 11 is 0. The lowest BCUT2D eigenvalue weighted by molar-refractivity contribution is -0.140. The third-order valence-electron chi connectivity index (χ3n) is 3.92. The average molecular weight is 307 g/mol. The molecule has 0 aromatic heterocycles. The van der Waals surface area contributed by atoms with Crippen molar-refractivity contribution in [1.29, 1.82) is 0 Å². The maximum absolute atomic E-state index is 12.0. The molecule has 118 valence electrons. The lowest BCUT2D eigenvalue weighted by Crippen LogP contribution is -2.46. The molecule has 1 saturated heterocycles. The summed E-state index contributed by atoms with van der Waals surface area (Å²) in [5.74, 6) is -1.01. The molecule has 0 saturated carbocycles. The number of hydrogen-bond acceptors (Lipinski definition) is 4. The number of sulfonamides is 1. The fourth-order valence-corrected chi connectivity index (χ4v) is 3.74. The molecule has 0 spiro atoms. The second kappa shape index (κ2) is 7.95. The van der Waals surface area contributed by atoms with Crippen molar-refractivity contribution in [2.45, 2.75) is 45.6 Å². The molecule has 0 aliphatic carbocycles. The van der Waals surface area contributed by atoms with Crippen LogP contribution in [0.1, 0.15) is 39.5 Å². The smallest absolute Gasteiger partial charge is 0.322 e. The minimum absolute atomic E-state index is 0.0160. The molecule has 2 N–H and O–H groups in total. The first-order valence-electron chi connectivity index (χ1n) is 7.16. The van der Waals surface area contributed by atoms with Crippen LogP contribution >= 0.6 is 0 Å². The van der Waals surface area contributed by atoms with E-state index in [0.717, 1.165) is 12.8 Å². The van der Waals surface area contributed by atoms with E-state index >= 15 is 0 Å². The Morgan fingerprint density at radius 2 is 2.00 bits per heavy atom. The van der Waals surface area contributed by atoms with E-state index in [9.17, 15) is 13.2 Å². The van der Waals surface area contributed by atoms with Gasteiger partial charge in [-0.2, -0.15) is 0 Å². The van der Waals surface area contributed by atoms with Crippen molar-refractivity contribution in [3.05, 3.63) is 0 Å². The van der Waals surface area contributed by atoms with Gasteiger partial charge in [0.25, 0.3) is 0 Å². The quantitative estimate of drug-likeness (QED) is 0.703. The Hall–Kier alpha value is -0.660. The van der Waals surface area contributed by atoms with Gasteiger partial charge in [0.2, 0.25) is 10.0 Å². The van der Waals surface area contributed by atoms with Crippen molar-refractivity contribution in [3.8, 4) is 0 Å². The Bertz CT molecular complexity index is 403. The van der Waals surface area contributed by atoms with Crippen molar-refractivity contribution < 1.29 is 23.1 Å². The van der Waals surface area contributed by atoms with E-state index in [2.05, 4.69) is 4.72 Å². The monoisotopic (exact) mass is 307 g/mol. The van der Waals surface area contributed by atoms with Gasteiger partial charge in [-0.15, -0.1) is 0 Å². The third-order valence-corrected chi connectivity index (χ3v) is 5.31. The maximum Gasteiger partial charge on any atom is 0.322 e. The summed E-state index contributed by atoms with van der Waals surface area (Å²) in [5, 5.41) is 9.11. The predicted molar refractivity (Wildman–Crippen MR) is 76.0 cm³/mol. The Kier molecular flexibility index (Phi) is 6.91. The highest BCUT2D eigenvalue weighted by Crippen LogP contribution is 2.19. The topological polar surface area (TPSA) is 92.7 Å². The molecule has 1 aliphatic rings. The Morgan fingerprint density at radius 3 is 2.50 bits per heavy atom. The zero-order valence-corrected chi connectivity index (χ0v) is 13.0. The van der Waals surface area contributed by atoms with E-state index in [1.54, 1.807) is 6.92 Å². The molecule has 1 rings (SSSR count). The van der Waals surface area contributed by atoms with Crippen LogP contribution in [-0.4, -0.2) is 44.5 Å². The number of carbonyl (C=O) groups is 1. The molecule has 1 fully saturated rings. The summed E-state index contributed by atoms with van der Waals surface area (Å²) in [6.07, 6.45) is 2.93. The number of hydrogen-bond donors (Lipinski definition) is 2.